The highest BCUT2D eigenvalue weighted by molar-refractivity contribution is 5.28. The largest absolute Gasteiger partial charge is 0.386 e. The highest BCUT2D eigenvalue weighted by Crippen LogP contribution is 2.25. The van der Waals surface area contributed by atoms with Crippen LogP contribution in [-0.2, 0) is 0 Å². The Hall–Kier alpha value is -1.68. The third-order valence-electron chi connectivity index (χ3n) is 3.30. The van der Waals surface area contributed by atoms with Crippen molar-refractivity contribution in [3.8, 4) is 5.69 Å². The van der Waals surface area contributed by atoms with E-state index in [1.54, 1.807) is 11.0 Å². The lowest BCUT2D eigenvalue weighted by molar-refractivity contribution is 0.0987. The van der Waals surface area contributed by atoms with E-state index in [-0.39, 0.29) is 5.92 Å². The zero-order chi connectivity index (χ0) is 13.0. The van der Waals surface area contributed by atoms with Gasteiger partial charge >= 0.3 is 0 Å². The van der Waals surface area contributed by atoms with E-state index in [1.807, 2.05) is 30.3 Å². The molecule has 4 heteroatoms. The lowest BCUT2D eigenvalue weighted by Crippen LogP contribution is -2.12. The van der Waals surface area contributed by atoms with E-state index in [9.17, 15) is 5.11 Å². The van der Waals surface area contributed by atoms with Gasteiger partial charge in [-0.15, -0.1) is 0 Å². The van der Waals surface area contributed by atoms with Crippen LogP contribution in [0, 0.1) is 5.92 Å². The van der Waals surface area contributed by atoms with Crippen molar-refractivity contribution in [3.05, 3.63) is 42.2 Å². The molecule has 1 N–H and O–H groups in total. The molecule has 0 bridgehead atoms. The Balaban J connectivity index is 2.20. The van der Waals surface area contributed by atoms with Crippen LogP contribution in [0.25, 0.3) is 5.69 Å². The average molecular weight is 245 g/mol. The van der Waals surface area contributed by atoms with Crippen LogP contribution in [0.1, 0.15) is 38.5 Å². The summed E-state index contributed by atoms with van der Waals surface area (Å²) in [5, 5.41) is 18.8. The first-order valence-electron chi connectivity index (χ1n) is 6.42. The summed E-state index contributed by atoms with van der Waals surface area (Å²) in [4.78, 5) is 1.56. The van der Waals surface area contributed by atoms with Crippen LogP contribution in [0.2, 0.25) is 0 Å². The second-order valence-corrected chi connectivity index (χ2v) is 4.42. The molecule has 1 aromatic heterocycles. The summed E-state index contributed by atoms with van der Waals surface area (Å²) < 4.78 is 0. The SMILES string of the molecule is CCC(CC)C(O)c1cnn(-c2ccccc2)n1. The summed E-state index contributed by atoms with van der Waals surface area (Å²) in [5.41, 5.74) is 1.55. The first-order chi connectivity index (χ1) is 8.76. The van der Waals surface area contributed by atoms with Crippen LogP contribution in [0.4, 0.5) is 0 Å². The Bertz CT molecular complexity index is 477. The van der Waals surface area contributed by atoms with E-state index in [0.29, 0.717) is 5.69 Å². The quantitative estimate of drug-likeness (QED) is 0.881. The van der Waals surface area contributed by atoms with Gasteiger partial charge < -0.3 is 5.11 Å². The van der Waals surface area contributed by atoms with E-state index in [2.05, 4.69) is 24.0 Å². The summed E-state index contributed by atoms with van der Waals surface area (Å²) in [5.74, 6) is 0.242. The minimum absolute atomic E-state index is 0.242. The van der Waals surface area contributed by atoms with Gasteiger partial charge in [-0.3, -0.25) is 0 Å². The third kappa shape index (κ3) is 2.59. The molecule has 96 valence electrons. The van der Waals surface area contributed by atoms with Gasteiger partial charge in [0.05, 0.1) is 11.9 Å². The van der Waals surface area contributed by atoms with Gasteiger partial charge in [-0.1, -0.05) is 44.9 Å². The molecule has 0 saturated heterocycles. The number of aliphatic hydroxyl groups is 1. The molecule has 1 unspecified atom stereocenters. The molecule has 0 amide bonds. The summed E-state index contributed by atoms with van der Waals surface area (Å²) in [7, 11) is 0. The molecule has 0 aliphatic heterocycles. The first-order valence-corrected chi connectivity index (χ1v) is 6.42. The molecule has 0 saturated carbocycles. The van der Waals surface area contributed by atoms with Crippen LogP contribution in [0.3, 0.4) is 0 Å². The molecule has 2 aromatic rings. The maximum atomic E-state index is 10.2. The van der Waals surface area contributed by atoms with Crippen molar-refractivity contribution in [2.24, 2.45) is 5.92 Å². The molecule has 4 nitrogen and oxygen atoms in total. The van der Waals surface area contributed by atoms with E-state index >= 15 is 0 Å². The number of aliphatic hydroxyl groups excluding tert-OH is 1. The number of para-hydroxylation sites is 1. The number of hydrogen-bond donors (Lipinski definition) is 1. The highest BCUT2D eigenvalue weighted by atomic mass is 16.3. The predicted molar refractivity (Wildman–Crippen MR) is 70.4 cm³/mol. The standard InChI is InChI=1S/C14H19N3O/c1-3-11(4-2)14(18)13-10-15-17(16-13)12-8-6-5-7-9-12/h5-11,14,18H,3-4H2,1-2H3. The lowest BCUT2D eigenvalue weighted by atomic mass is 9.95. The smallest absolute Gasteiger partial charge is 0.112 e. The van der Waals surface area contributed by atoms with Gasteiger partial charge in [-0.2, -0.15) is 15.0 Å². The predicted octanol–water partition coefficient (Wildman–Crippen LogP) is 2.74. The number of rotatable bonds is 5. The van der Waals surface area contributed by atoms with Crippen molar-refractivity contribution < 1.29 is 5.11 Å². The molecule has 0 radical (unpaired) electrons. The maximum absolute atomic E-state index is 10.2. The monoisotopic (exact) mass is 245 g/mol. The second kappa shape index (κ2) is 5.78. The van der Waals surface area contributed by atoms with E-state index in [0.717, 1.165) is 18.5 Å². The summed E-state index contributed by atoms with van der Waals surface area (Å²) in [6.45, 7) is 4.16. The summed E-state index contributed by atoms with van der Waals surface area (Å²) in [6, 6.07) is 9.71. The summed E-state index contributed by atoms with van der Waals surface area (Å²) in [6.07, 6.45) is 3.00. The molecule has 1 heterocycles. The molecule has 18 heavy (non-hydrogen) atoms. The normalized spacial score (nSPS) is 12.9. The van der Waals surface area contributed by atoms with Crippen LogP contribution < -0.4 is 0 Å². The van der Waals surface area contributed by atoms with Gasteiger partial charge in [0, 0.05) is 0 Å². The van der Waals surface area contributed by atoms with Crippen molar-refractivity contribution in [2.75, 3.05) is 0 Å². The number of nitrogens with zero attached hydrogens (tertiary/aromatic N) is 3. The van der Waals surface area contributed by atoms with Crippen LogP contribution in [0.5, 0.6) is 0 Å². The van der Waals surface area contributed by atoms with Crippen LogP contribution in [-0.4, -0.2) is 20.1 Å². The minimum atomic E-state index is -0.530. The van der Waals surface area contributed by atoms with Gasteiger partial charge in [-0.25, -0.2) is 0 Å². The van der Waals surface area contributed by atoms with E-state index in [1.165, 1.54) is 0 Å². The zero-order valence-electron chi connectivity index (χ0n) is 10.8. The van der Waals surface area contributed by atoms with Crippen molar-refractivity contribution in [3.63, 3.8) is 0 Å². The minimum Gasteiger partial charge on any atom is -0.386 e. The average Bonchev–Trinajstić information content (AvgIpc) is 2.90. The molecular weight excluding hydrogens is 226 g/mol. The van der Waals surface area contributed by atoms with Crippen LogP contribution in [0.15, 0.2) is 36.5 Å². The van der Waals surface area contributed by atoms with Gasteiger partial charge in [-0.05, 0) is 18.1 Å². The van der Waals surface area contributed by atoms with Crippen molar-refractivity contribution in [1.29, 1.82) is 0 Å². The fraction of sp³-hybridized carbons (Fsp3) is 0.429. The van der Waals surface area contributed by atoms with Gasteiger partial charge in [0.15, 0.2) is 0 Å². The molecule has 2 rings (SSSR count). The molecule has 0 spiro atoms. The van der Waals surface area contributed by atoms with Crippen molar-refractivity contribution in [1.82, 2.24) is 15.0 Å². The Kier molecular flexibility index (Phi) is 4.10. The highest BCUT2D eigenvalue weighted by Gasteiger charge is 2.20. The van der Waals surface area contributed by atoms with Crippen molar-refractivity contribution in [2.45, 2.75) is 32.8 Å². The Morgan fingerprint density at radius 3 is 2.44 bits per heavy atom. The van der Waals surface area contributed by atoms with Crippen molar-refractivity contribution >= 4 is 0 Å². The summed E-state index contributed by atoms with van der Waals surface area (Å²) >= 11 is 0. The third-order valence-corrected chi connectivity index (χ3v) is 3.30. The molecule has 0 aliphatic carbocycles. The topological polar surface area (TPSA) is 50.9 Å². The number of benzene rings is 1. The Morgan fingerprint density at radius 1 is 1.17 bits per heavy atom. The molecule has 1 atom stereocenters. The molecule has 0 fully saturated rings. The lowest BCUT2D eigenvalue weighted by Gasteiger charge is -2.17. The Labute approximate surface area is 107 Å². The maximum Gasteiger partial charge on any atom is 0.112 e. The Morgan fingerprint density at radius 2 is 1.83 bits per heavy atom. The second-order valence-electron chi connectivity index (χ2n) is 4.42. The fourth-order valence-electron chi connectivity index (χ4n) is 2.07. The van der Waals surface area contributed by atoms with Gasteiger partial charge in [0.1, 0.15) is 11.8 Å². The van der Waals surface area contributed by atoms with E-state index < -0.39 is 6.10 Å². The molecule has 0 aliphatic rings. The van der Waals surface area contributed by atoms with Crippen LogP contribution >= 0.6 is 0 Å². The number of aromatic nitrogens is 3. The number of hydrogen-bond acceptors (Lipinski definition) is 3. The molecular formula is C14H19N3O. The first kappa shape index (κ1) is 12.8. The van der Waals surface area contributed by atoms with E-state index in [4.69, 9.17) is 0 Å². The zero-order valence-corrected chi connectivity index (χ0v) is 10.8. The van der Waals surface area contributed by atoms with Gasteiger partial charge in [0.2, 0.25) is 0 Å². The molecule has 1 aromatic carbocycles. The van der Waals surface area contributed by atoms with Gasteiger partial charge in [0.25, 0.3) is 0 Å². The fourth-order valence-corrected chi connectivity index (χ4v) is 2.07.